The van der Waals surface area contributed by atoms with Crippen molar-refractivity contribution in [3.8, 4) is 0 Å². The molecular weight excluding hydrogens is 338 g/mol. The summed E-state index contributed by atoms with van der Waals surface area (Å²) in [7, 11) is 0. The lowest BCUT2D eigenvalue weighted by atomic mass is 10.2. The molecule has 2 rings (SSSR count). The van der Waals surface area contributed by atoms with Crippen molar-refractivity contribution in [1.82, 2.24) is 20.1 Å². The molecule has 0 fully saturated rings. The van der Waals surface area contributed by atoms with E-state index in [2.05, 4.69) is 33.9 Å². The second kappa shape index (κ2) is 9.53. The van der Waals surface area contributed by atoms with Gasteiger partial charge in [-0.3, -0.25) is 10.1 Å². The molecule has 0 atom stereocenters. The van der Waals surface area contributed by atoms with Gasteiger partial charge in [-0.2, -0.15) is 0 Å². The van der Waals surface area contributed by atoms with Gasteiger partial charge < -0.3 is 9.88 Å². The maximum absolute atomic E-state index is 10.6. The summed E-state index contributed by atoms with van der Waals surface area (Å²) in [4.78, 5) is 10.3. The molecule has 0 aliphatic heterocycles. The number of nitro groups is 1. The molecule has 0 aliphatic rings. The van der Waals surface area contributed by atoms with Crippen molar-refractivity contribution in [2.24, 2.45) is 5.92 Å². The van der Waals surface area contributed by atoms with Crippen LogP contribution in [0.1, 0.15) is 31.7 Å². The van der Waals surface area contributed by atoms with Crippen LogP contribution in [0.15, 0.2) is 29.4 Å². The van der Waals surface area contributed by atoms with Crippen molar-refractivity contribution in [3.63, 3.8) is 0 Å². The van der Waals surface area contributed by atoms with Gasteiger partial charge in [-0.15, -0.1) is 10.2 Å². The van der Waals surface area contributed by atoms with Crippen LogP contribution in [-0.4, -0.2) is 32.5 Å². The predicted octanol–water partition coefficient (Wildman–Crippen LogP) is 3.29. The van der Waals surface area contributed by atoms with Crippen molar-refractivity contribution < 1.29 is 4.92 Å². The Hall–Kier alpha value is -1.93. The first-order chi connectivity index (χ1) is 12.0. The van der Waals surface area contributed by atoms with Gasteiger partial charge in [0.2, 0.25) is 0 Å². The highest BCUT2D eigenvalue weighted by molar-refractivity contribution is 7.98. The number of non-ortho nitro benzene ring substituents is 1. The topological polar surface area (TPSA) is 85.9 Å². The largest absolute Gasteiger partial charge is 0.313 e. The Morgan fingerprint density at radius 2 is 2.00 bits per heavy atom. The zero-order chi connectivity index (χ0) is 18.2. The number of rotatable bonds is 10. The average molecular weight is 363 g/mol. The van der Waals surface area contributed by atoms with Gasteiger partial charge in [0, 0.05) is 31.6 Å². The van der Waals surface area contributed by atoms with Crippen LogP contribution in [0.4, 0.5) is 5.69 Å². The van der Waals surface area contributed by atoms with E-state index >= 15 is 0 Å². The van der Waals surface area contributed by atoms with E-state index in [1.807, 2.05) is 6.26 Å². The van der Waals surface area contributed by atoms with Crippen LogP contribution in [0, 0.1) is 16.0 Å². The lowest BCUT2D eigenvalue weighted by molar-refractivity contribution is -0.384. The molecule has 0 unspecified atom stereocenters. The number of hydrogen-bond donors (Lipinski definition) is 1. The maximum Gasteiger partial charge on any atom is 0.269 e. The Morgan fingerprint density at radius 3 is 2.60 bits per heavy atom. The Labute approximate surface area is 152 Å². The minimum atomic E-state index is -0.382. The summed E-state index contributed by atoms with van der Waals surface area (Å²) in [6.45, 7) is 6.89. The summed E-state index contributed by atoms with van der Waals surface area (Å²) in [5.74, 6) is 1.59. The fourth-order valence-corrected chi connectivity index (χ4v) is 3.07. The maximum atomic E-state index is 10.6. The molecule has 1 aromatic carbocycles. The van der Waals surface area contributed by atoms with Gasteiger partial charge in [0.15, 0.2) is 5.16 Å². The predicted molar refractivity (Wildman–Crippen MR) is 99.8 cm³/mol. The third-order valence-electron chi connectivity index (χ3n) is 3.75. The van der Waals surface area contributed by atoms with E-state index in [4.69, 9.17) is 0 Å². The normalized spacial score (nSPS) is 11.2. The lowest BCUT2D eigenvalue weighted by Crippen LogP contribution is -2.17. The van der Waals surface area contributed by atoms with Crippen molar-refractivity contribution >= 4 is 17.4 Å². The van der Waals surface area contributed by atoms with Crippen molar-refractivity contribution in [1.29, 1.82) is 0 Å². The average Bonchev–Trinajstić information content (AvgIpc) is 2.96. The van der Waals surface area contributed by atoms with E-state index in [1.165, 1.54) is 12.1 Å². The molecule has 1 heterocycles. The van der Waals surface area contributed by atoms with Crippen LogP contribution >= 0.6 is 11.8 Å². The molecule has 1 N–H and O–H groups in total. The zero-order valence-electron chi connectivity index (χ0n) is 14.9. The molecule has 0 radical (unpaired) electrons. The van der Waals surface area contributed by atoms with Crippen molar-refractivity contribution in [3.05, 3.63) is 45.8 Å². The van der Waals surface area contributed by atoms with E-state index < -0.39 is 0 Å². The first kappa shape index (κ1) is 19.4. The number of aromatic nitrogens is 3. The Morgan fingerprint density at radius 1 is 1.28 bits per heavy atom. The van der Waals surface area contributed by atoms with Gasteiger partial charge in [0.1, 0.15) is 5.82 Å². The minimum absolute atomic E-state index is 0.123. The molecule has 1 aromatic heterocycles. The van der Waals surface area contributed by atoms with Gasteiger partial charge in [-0.25, -0.2) is 0 Å². The van der Waals surface area contributed by atoms with Gasteiger partial charge in [0.05, 0.1) is 4.92 Å². The SMILES string of the molecule is CSc1nnc(CCCNCc2ccc([N+](=O)[O-])cc2)n1CC(C)C. The molecule has 0 spiro atoms. The molecule has 136 valence electrons. The number of nitrogens with one attached hydrogen (secondary N) is 1. The smallest absolute Gasteiger partial charge is 0.269 e. The van der Waals surface area contributed by atoms with E-state index in [-0.39, 0.29) is 10.6 Å². The Bertz CT molecular complexity index is 685. The molecule has 0 aliphatic carbocycles. The minimum Gasteiger partial charge on any atom is -0.313 e. The molecule has 0 saturated carbocycles. The summed E-state index contributed by atoms with van der Waals surface area (Å²) in [6, 6.07) is 6.65. The van der Waals surface area contributed by atoms with E-state index in [0.717, 1.165) is 42.5 Å². The van der Waals surface area contributed by atoms with Crippen LogP contribution in [0.2, 0.25) is 0 Å². The zero-order valence-corrected chi connectivity index (χ0v) is 15.8. The number of nitrogens with zero attached hydrogens (tertiary/aromatic N) is 4. The molecule has 0 bridgehead atoms. The van der Waals surface area contributed by atoms with Crippen LogP contribution in [0.3, 0.4) is 0 Å². The summed E-state index contributed by atoms with van der Waals surface area (Å²) in [5.41, 5.74) is 1.16. The fraction of sp³-hybridized carbons (Fsp3) is 0.529. The van der Waals surface area contributed by atoms with Crippen molar-refractivity contribution in [2.75, 3.05) is 12.8 Å². The van der Waals surface area contributed by atoms with Gasteiger partial charge >= 0.3 is 0 Å². The van der Waals surface area contributed by atoms with Crippen LogP contribution in [0.5, 0.6) is 0 Å². The van der Waals surface area contributed by atoms with E-state index in [9.17, 15) is 10.1 Å². The summed E-state index contributed by atoms with van der Waals surface area (Å²) < 4.78 is 2.21. The van der Waals surface area contributed by atoms with Gasteiger partial charge in [-0.1, -0.05) is 37.7 Å². The van der Waals surface area contributed by atoms with E-state index in [1.54, 1.807) is 23.9 Å². The monoisotopic (exact) mass is 363 g/mol. The molecule has 0 saturated heterocycles. The quantitative estimate of drug-likeness (QED) is 0.302. The Balaban J connectivity index is 1.77. The fourth-order valence-electron chi connectivity index (χ4n) is 2.54. The van der Waals surface area contributed by atoms with Gasteiger partial charge in [0.25, 0.3) is 5.69 Å². The highest BCUT2D eigenvalue weighted by atomic mass is 32.2. The number of hydrogen-bond acceptors (Lipinski definition) is 6. The van der Waals surface area contributed by atoms with Crippen LogP contribution < -0.4 is 5.32 Å². The molecule has 8 heteroatoms. The third kappa shape index (κ3) is 5.82. The molecule has 7 nitrogen and oxygen atoms in total. The first-order valence-corrected chi connectivity index (χ1v) is 9.64. The summed E-state index contributed by atoms with van der Waals surface area (Å²) >= 11 is 1.63. The van der Waals surface area contributed by atoms with Gasteiger partial charge in [-0.05, 0) is 30.7 Å². The molecule has 0 amide bonds. The van der Waals surface area contributed by atoms with Crippen molar-refractivity contribution in [2.45, 2.75) is 44.9 Å². The Kier molecular flexibility index (Phi) is 7.39. The van der Waals surface area contributed by atoms with Crippen LogP contribution in [0.25, 0.3) is 0 Å². The standard InChI is InChI=1S/C17H25N5O2S/c1-13(2)12-21-16(19-20-17(21)25-3)5-4-10-18-11-14-6-8-15(9-7-14)22(23)24/h6-9,13,18H,4-5,10-12H2,1-3H3. The second-order valence-electron chi connectivity index (χ2n) is 6.31. The summed E-state index contributed by atoms with van der Waals surface area (Å²) in [6.07, 6.45) is 3.88. The lowest BCUT2D eigenvalue weighted by Gasteiger charge is -2.11. The highest BCUT2D eigenvalue weighted by Crippen LogP contribution is 2.16. The third-order valence-corrected chi connectivity index (χ3v) is 4.42. The molecular formula is C17H25N5O2S. The number of aryl methyl sites for hydroxylation is 1. The first-order valence-electron chi connectivity index (χ1n) is 8.41. The van der Waals surface area contributed by atoms with Crippen LogP contribution in [-0.2, 0) is 19.5 Å². The molecule has 25 heavy (non-hydrogen) atoms. The highest BCUT2D eigenvalue weighted by Gasteiger charge is 2.12. The number of nitro benzene ring substituents is 1. The molecule has 2 aromatic rings. The number of benzene rings is 1. The second-order valence-corrected chi connectivity index (χ2v) is 7.08. The number of thioether (sulfide) groups is 1. The summed E-state index contributed by atoms with van der Waals surface area (Å²) in [5, 5.41) is 23.6. The van der Waals surface area contributed by atoms with E-state index in [0.29, 0.717) is 12.5 Å².